The third-order valence-corrected chi connectivity index (χ3v) is 6.44. The van der Waals surface area contributed by atoms with E-state index in [0.717, 1.165) is 16.6 Å². The maximum absolute atomic E-state index is 13.4. The van der Waals surface area contributed by atoms with Crippen molar-refractivity contribution in [3.8, 4) is 0 Å². The smallest absolute Gasteiger partial charge is 0.338 e. The lowest BCUT2D eigenvalue weighted by Gasteiger charge is -2.07. The summed E-state index contributed by atoms with van der Waals surface area (Å²) in [7, 11) is 0. The van der Waals surface area contributed by atoms with Crippen molar-refractivity contribution in [2.24, 2.45) is 0 Å². The van der Waals surface area contributed by atoms with Gasteiger partial charge in [0, 0.05) is 5.69 Å². The highest BCUT2D eigenvalue weighted by Crippen LogP contribution is 2.27. The van der Waals surface area contributed by atoms with E-state index < -0.39 is 5.97 Å². The molecule has 3 aromatic carbocycles. The standard InChI is InChI=1S/C26H22FN5O3S/c1-2-35-24(34)18-6-5-7-20(14-18)28-23(33)16-36-26-30-29-25-31(15-17-10-12-19(27)13-11-17)21-8-3-4-9-22(21)32(25)26/h3-14H,2,15-16H2,1H3,(H,28,33). The fourth-order valence-corrected chi connectivity index (χ4v) is 4.66. The Morgan fingerprint density at radius 3 is 2.56 bits per heavy atom. The summed E-state index contributed by atoms with van der Waals surface area (Å²) in [5.41, 5.74) is 3.67. The Labute approximate surface area is 210 Å². The minimum absolute atomic E-state index is 0.0991. The number of esters is 1. The average Bonchev–Trinajstić information content (AvgIpc) is 3.43. The maximum Gasteiger partial charge on any atom is 0.338 e. The number of hydrogen-bond donors (Lipinski definition) is 1. The van der Waals surface area contributed by atoms with Crippen molar-refractivity contribution in [2.75, 3.05) is 17.7 Å². The molecule has 0 radical (unpaired) electrons. The van der Waals surface area contributed by atoms with Crippen LogP contribution in [-0.2, 0) is 16.1 Å². The second-order valence-corrected chi connectivity index (χ2v) is 8.90. The molecule has 0 aliphatic heterocycles. The number of rotatable bonds is 8. The fourth-order valence-electron chi connectivity index (χ4n) is 3.92. The van der Waals surface area contributed by atoms with Crippen molar-refractivity contribution < 1.29 is 18.7 Å². The average molecular weight is 504 g/mol. The monoisotopic (exact) mass is 503 g/mol. The fraction of sp³-hybridized carbons (Fsp3) is 0.154. The number of anilines is 1. The van der Waals surface area contributed by atoms with Gasteiger partial charge in [-0.2, -0.15) is 0 Å². The number of carbonyl (C=O) groups excluding carboxylic acids is 2. The Kier molecular flexibility index (Phi) is 6.68. The van der Waals surface area contributed by atoms with E-state index in [1.165, 1.54) is 23.9 Å². The van der Waals surface area contributed by atoms with Gasteiger partial charge in [0.2, 0.25) is 11.7 Å². The third-order valence-electron chi connectivity index (χ3n) is 5.51. The summed E-state index contributed by atoms with van der Waals surface area (Å²) >= 11 is 1.26. The predicted octanol–water partition coefficient (Wildman–Crippen LogP) is 4.78. The molecule has 1 amide bonds. The van der Waals surface area contributed by atoms with Gasteiger partial charge in [-0.25, -0.2) is 9.18 Å². The molecule has 10 heteroatoms. The summed E-state index contributed by atoms with van der Waals surface area (Å²) in [4.78, 5) is 24.6. The van der Waals surface area contributed by atoms with Crippen LogP contribution in [-0.4, -0.2) is 43.4 Å². The first-order chi connectivity index (χ1) is 17.5. The van der Waals surface area contributed by atoms with Crippen LogP contribution in [0.1, 0.15) is 22.8 Å². The van der Waals surface area contributed by atoms with Crippen molar-refractivity contribution in [3.63, 3.8) is 0 Å². The molecule has 8 nitrogen and oxygen atoms in total. The normalized spacial score (nSPS) is 11.2. The molecule has 0 saturated carbocycles. The number of nitrogens with zero attached hydrogens (tertiary/aromatic N) is 4. The van der Waals surface area contributed by atoms with Crippen LogP contribution in [0.15, 0.2) is 78.0 Å². The molecule has 0 aliphatic rings. The van der Waals surface area contributed by atoms with Gasteiger partial charge >= 0.3 is 5.97 Å². The highest BCUT2D eigenvalue weighted by atomic mass is 32.2. The molecular formula is C26H22FN5O3S. The zero-order valence-electron chi connectivity index (χ0n) is 19.3. The topological polar surface area (TPSA) is 90.5 Å². The Morgan fingerprint density at radius 1 is 1.00 bits per heavy atom. The van der Waals surface area contributed by atoms with E-state index in [1.807, 2.05) is 33.2 Å². The number of para-hydroxylation sites is 2. The number of fused-ring (bicyclic) bond motifs is 3. The number of thioether (sulfide) groups is 1. The number of imidazole rings is 1. The predicted molar refractivity (Wildman–Crippen MR) is 136 cm³/mol. The van der Waals surface area contributed by atoms with Crippen molar-refractivity contribution in [1.29, 1.82) is 0 Å². The second kappa shape index (κ2) is 10.2. The number of aromatic nitrogens is 4. The van der Waals surface area contributed by atoms with E-state index in [-0.39, 0.29) is 24.1 Å². The Bertz CT molecular complexity index is 1560. The van der Waals surface area contributed by atoms with Crippen LogP contribution >= 0.6 is 11.8 Å². The molecule has 0 unspecified atom stereocenters. The van der Waals surface area contributed by atoms with E-state index in [9.17, 15) is 14.0 Å². The molecule has 182 valence electrons. The van der Waals surface area contributed by atoms with Crippen LogP contribution in [0.2, 0.25) is 0 Å². The number of ether oxygens (including phenoxy) is 1. The first-order valence-electron chi connectivity index (χ1n) is 11.3. The molecule has 5 aromatic rings. The molecule has 1 N–H and O–H groups in total. The van der Waals surface area contributed by atoms with Crippen molar-refractivity contribution in [2.45, 2.75) is 18.6 Å². The molecule has 0 atom stereocenters. The van der Waals surface area contributed by atoms with Crippen LogP contribution in [0, 0.1) is 5.82 Å². The third kappa shape index (κ3) is 4.80. The van der Waals surface area contributed by atoms with Crippen LogP contribution in [0.4, 0.5) is 10.1 Å². The highest BCUT2D eigenvalue weighted by molar-refractivity contribution is 7.99. The summed E-state index contributed by atoms with van der Waals surface area (Å²) in [6, 6.07) is 20.8. The molecule has 36 heavy (non-hydrogen) atoms. The maximum atomic E-state index is 13.4. The van der Waals surface area contributed by atoms with E-state index in [0.29, 0.717) is 28.7 Å². The minimum atomic E-state index is -0.439. The summed E-state index contributed by atoms with van der Waals surface area (Å²) in [6.45, 7) is 2.51. The zero-order chi connectivity index (χ0) is 25.1. The van der Waals surface area contributed by atoms with Crippen molar-refractivity contribution >= 4 is 46.1 Å². The molecule has 0 saturated heterocycles. The van der Waals surface area contributed by atoms with Crippen molar-refractivity contribution in [3.05, 3.63) is 89.7 Å². The SMILES string of the molecule is CCOC(=O)c1cccc(NC(=O)CSc2nnc3n(Cc4ccc(F)cc4)c4ccccc4n23)c1. The lowest BCUT2D eigenvalue weighted by molar-refractivity contribution is -0.113. The first kappa shape index (κ1) is 23.6. The molecule has 0 fully saturated rings. The van der Waals surface area contributed by atoms with Gasteiger partial charge in [0.05, 0.1) is 35.5 Å². The second-order valence-electron chi connectivity index (χ2n) is 7.96. The van der Waals surface area contributed by atoms with Gasteiger partial charge in [-0.3, -0.25) is 9.20 Å². The molecule has 0 bridgehead atoms. The van der Waals surface area contributed by atoms with Gasteiger partial charge in [-0.05, 0) is 55.0 Å². The summed E-state index contributed by atoms with van der Waals surface area (Å²) in [5.74, 6) is -0.236. The van der Waals surface area contributed by atoms with Gasteiger partial charge in [0.25, 0.3) is 0 Å². The molecule has 2 aromatic heterocycles. The number of benzene rings is 3. The minimum Gasteiger partial charge on any atom is -0.462 e. The number of carbonyl (C=O) groups is 2. The summed E-state index contributed by atoms with van der Waals surface area (Å²) < 4.78 is 22.3. The largest absolute Gasteiger partial charge is 0.462 e. The van der Waals surface area contributed by atoms with Gasteiger partial charge < -0.3 is 14.6 Å². The quantitative estimate of drug-likeness (QED) is 0.242. The van der Waals surface area contributed by atoms with Gasteiger partial charge in [-0.15, -0.1) is 10.2 Å². The number of nitrogens with one attached hydrogen (secondary N) is 1. The van der Waals surface area contributed by atoms with E-state index in [1.54, 1.807) is 43.3 Å². The van der Waals surface area contributed by atoms with Crippen LogP contribution < -0.4 is 5.32 Å². The van der Waals surface area contributed by atoms with Gasteiger partial charge in [0.15, 0.2) is 5.16 Å². The number of hydrogen-bond acceptors (Lipinski definition) is 6. The summed E-state index contributed by atoms with van der Waals surface area (Å²) in [6.07, 6.45) is 0. The van der Waals surface area contributed by atoms with Crippen LogP contribution in [0.5, 0.6) is 0 Å². The summed E-state index contributed by atoms with van der Waals surface area (Å²) in [5, 5.41) is 12.1. The van der Waals surface area contributed by atoms with Gasteiger partial charge in [-0.1, -0.05) is 42.1 Å². The molecular weight excluding hydrogens is 481 g/mol. The Balaban J connectivity index is 1.35. The zero-order valence-corrected chi connectivity index (χ0v) is 20.2. The van der Waals surface area contributed by atoms with E-state index >= 15 is 0 Å². The molecule has 2 heterocycles. The lowest BCUT2D eigenvalue weighted by Crippen LogP contribution is -2.15. The van der Waals surface area contributed by atoms with Crippen molar-refractivity contribution in [1.82, 2.24) is 19.2 Å². The molecule has 0 spiro atoms. The van der Waals surface area contributed by atoms with E-state index in [4.69, 9.17) is 4.74 Å². The first-order valence-corrected chi connectivity index (χ1v) is 12.3. The molecule has 0 aliphatic carbocycles. The van der Waals surface area contributed by atoms with E-state index in [2.05, 4.69) is 15.5 Å². The van der Waals surface area contributed by atoms with Crippen LogP contribution in [0.25, 0.3) is 16.8 Å². The highest BCUT2D eigenvalue weighted by Gasteiger charge is 2.18. The number of halogens is 1. The Hall–Kier alpha value is -4.18. The lowest BCUT2D eigenvalue weighted by atomic mass is 10.2. The van der Waals surface area contributed by atoms with Gasteiger partial charge in [0.1, 0.15) is 5.82 Å². The van der Waals surface area contributed by atoms with Crippen LogP contribution in [0.3, 0.4) is 0 Å². The number of amides is 1. The molecule has 5 rings (SSSR count). The Morgan fingerprint density at radius 2 is 1.78 bits per heavy atom.